The number of sulfone groups is 1. The molecule has 4 aromatic rings. The number of rotatable bonds is 7. The highest BCUT2D eigenvalue weighted by Gasteiger charge is 2.29. The van der Waals surface area contributed by atoms with E-state index in [0.29, 0.717) is 48.5 Å². The molecule has 3 heterocycles. The first-order valence-electron chi connectivity index (χ1n) is 13.0. The minimum atomic E-state index is -4.96. The second-order valence-corrected chi connectivity index (χ2v) is 12.7. The van der Waals surface area contributed by atoms with Gasteiger partial charge in [0.2, 0.25) is 9.84 Å². The molecule has 0 radical (unpaired) electrons. The van der Waals surface area contributed by atoms with E-state index >= 15 is 4.39 Å². The van der Waals surface area contributed by atoms with Crippen LogP contribution < -0.4 is 10.2 Å². The first-order valence-corrected chi connectivity index (χ1v) is 14.9. The Morgan fingerprint density at radius 1 is 1.14 bits per heavy atom. The van der Waals surface area contributed by atoms with Crippen LogP contribution in [-0.4, -0.2) is 53.8 Å². The van der Waals surface area contributed by atoms with Gasteiger partial charge in [-0.1, -0.05) is 23.7 Å². The van der Waals surface area contributed by atoms with Gasteiger partial charge in [-0.2, -0.15) is 8.78 Å². The van der Waals surface area contributed by atoms with Gasteiger partial charge in [0.05, 0.1) is 28.4 Å². The van der Waals surface area contributed by atoms with Gasteiger partial charge in [-0.25, -0.2) is 17.8 Å². The molecule has 0 spiro atoms. The van der Waals surface area contributed by atoms with Crippen LogP contribution in [0.15, 0.2) is 65.7 Å². The summed E-state index contributed by atoms with van der Waals surface area (Å²) >= 11 is 5.87. The van der Waals surface area contributed by atoms with Crippen LogP contribution in [0.25, 0.3) is 22.0 Å². The summed E-state index contributed by atoms with van der Waals surface area (Å²) in [6, 6.07) is 13.0. The van der Waals surface area contributed by atoms with Crippen molar-refractivity contribution in [1.29, 1.82) is 0 Å². The van der Waals surface area contributed by atoms with Crippen molar-refractivity contribution in [2.75, 3.05) is 18.0 Å². The highest BCUT2D eigenvalue weighted by molar-refractivity contribution is 7.91. The van der Waals surface area contributed by atoms with E-state index < -0.39 is 37.8 Å². The van der Waals surface area contributed by atoms with Gasteiger partial charge in [-0.3, -0.25) is 9.78 Å². The molecule has 2 aromatic carbocycles. The second-order valence-electron chi connectivity index (χ2n) is 10.4. The van der Waals surface area contributed by atoms with Gasteiger partial charge in [0, 0.05) is 46.2 Å². The van der Waals surface area contributed by atoms with Gasteiger partial charge < -0.3 is 15.3 Å². The van der Waals surface area contributed by atoms with Crippen molar-refractivity contribution < 1.29 is 31.5 Å². The number of amides is 1. The summed E-state index contributed by atoms with van der Waals surface area (Å²) < 4.78 is 65.4. The van der Waals surface area contributed by atoms with Crippen LogP contribution in [0.3, 0.4) is 0 Å². The number of fused-ring (bicyclic) bond motifs is 1. The lowest BCUT2D eigenvalue weighted by molar-refractivity contribution is 0.0350. The third-order valence-corrected chi connectivity index (χ3v) is 8.78. The monoisotopic (exact) mass is 618 g/mol. The zero-order chi connectivity index (χ0) is 30.2. The molecule has 5 rings (SSSR count). The molecule has 2 aromatic heterocycles. The predicted molar refractivity (Wildman–Crippen MR) is 153 cm³/mol. The van der Waals surface area contributed by atoms with E-state index in [1.54, 1.807) is 24.3 Å². The number of benzene rings is 2. The number of carbonyl (C=O) groups is 1. The Balaban J connectivity index is 1.37. The van der Waals surface area contributed by atoms with Crippen molar-refractivity contribution in [3.63, 3.8) is 0 Å². The van der Waals surface area contributed by atoms with Gasteiger partial charge in [0.25, 0.3) is 5.91 Å². The summed E-state index contributed by atoms with van der Waals surface area (Å²) in [7, 11) is -4.96. The standard InChI is InChI=1S/C29H26ClF3N4O4S/c1-29(39)7-9-37(10-8-29)25-4-2-3-24(36-25)22-6-5-17-15-34-20(14-23(17)26(22)31)16-35-27(38)18-11-19(30)13-21(12-18)42(40,41)28(32)33/h2-6,11-15,28,39H,7-10,16H2,1H3,(H,35,38). The number of hydrogen-bond donors (Lipinski definition) is 2. The highest BCUT2D eigenvalue weighted by Crippen LogP contribution is 2.31. The maximum atomic E-state index is 15.8. The Kier molecular flexibility index (Phi) is 8.15. The first kappa shape index (κ1) is 29.7. The molecule has 1 fully saturated rings. The van der Waals surface area contributed by atoms with E-state index in [1.165, 1.54) is 12.3 Å². The lowest BCUT2D eigenvalue weighted by Crippen LogP contribution is -2.42. The van der Waals surface area contributed by atoms with E-state index in [0.717, 1.165) is 18.2 Å². The molecular weight excluding hydrogens is 593 g/mol. The van der Waals surface area contributed by atoms with E-state index in [2.05, 4.69) is 20.2 Å². The topological polar surface area (TPSA) is 112 Å². The van der Waals surface area contributed by atoms with Gasteiger partial charge in [-0.15, -0.1) is 0 Å². The summed E-state index contributed by atoms with van der Waals surface area (Å²) in [5.41, 5.74) is 0.0684. The predicted octanol–water partition coefficient (Wildman–Crippen LogP) is 5.37. The normalized spacial score (nSPS) is 15.3. The Labute approximate surface area is 245 Å². The number of aliphatic hydroxyl groups is 1. The van der Waals surface area contributed by atoms with Crippen LogP contribution in [-0.2, 0) is 16.4 Å². The molecule has 0 unspecified atom stereocenters. The fourth-order valence-corrected chi connectivity index (χ4v) is 5.81. The van der Waals surface area contributed by atoms with E-state index in [-0.39, 0.29) is 28.1 Å². The number of pyridine rings is 2. The molecule has 1 aliphatic heterocycles. The zero-order valence-electron chi connectivity index (χ0n) is 22.3. The number of nitrogens with zero attached hydrogens (tertiary/aromatic N) is 3. The smallest absolute Gasteiger partial charge is 0.341 e. The Morgan fingerprint density at radius 2 is 1.88 bits per heavy atom. The Bertz CT molecular complexity index is 1780. The summed E-state index contributed by atoms with van der Waals surface area (Å²) in [6.07, 6.45) is 2.66. The lowest BCUT2D eigenvalue weighted by Gasteiger charge is -2.36. The van der Waals surface area contributed by atoms with Gasteiger partial charge >= 0.3 is 5.76 Å². The number of anilines is 1. The summed E-state index contributed by atoms with van der Waals surface area (Å²) in [6.45, 7) is 2.91. The molecule has 42 heavy (non-hydrogen) atoms. The fourth-order valence-electron chi connectivity index (χ4n) is 4.72. The molecule has 1 amide bonds. The van der Waals surface area contributed by atoms with E-state index in [1.807, 2.05) is 13.0 Å². The zero-order valence-corrected chi connectivity index (χ0v) is 23.9. The first-order chi connectivity index (χ1) is 19.8. The van der Waals surface area contributed by atoms with Crippen LogP contribution in [0, 0.1) is 5.82 Å². The number of nitrogens with one attached hydrogen (secondary N) is 1. The average Bonchev–Trinajstić information content (AvgIpc) is 2.96. The number of carbonyl (C=O) groups excluding carboxylic acids is 1. The van der Waals surface area contributed by atoms with Crippen LogP contribution in [0.4, 0.5) is 19.0 Å². The van der Waals surface area contributed by atoms with Crippen LogP contribution in [0.1, 0.15) is 35.8 Å². The highest BCUT2D eigenvalue weighted by atomic mass is 35.5. The molecular formula is C29H26ClF3N4O4S. The molecule has 1 saturated heterocycles. The molecule has 0 bridgehead atoms. The van der Waals surface area contributed by atoms with Crippen molar-refractivity contribution >= 4 is 43.9 Å². The number of hydrogen-bond acceptors (Lipinski definition) is 7. The maximum absolute atomic E-state index is 15.8. The van der Waals surface area contributed by atoms with E-state index in [4.69, 9.17) is 11.6 Å². The fraction of sp³-hybridized carbons (Fsp3) is 0.276. The van der Waals surface area contributed by atoms with Crippen molar-refractivity contribution in [3.05, 3.63) is 82.9 Å². The largest absolute Gasteiger partial charge is 0.390 e. The van der Waals surface area contributed by atoms with Crippen molar-refractivity contribution in [2.45, 2.75) is 42.6 Å². The summed E-state index contributed by atoms with van der Waals surface area (Å²) in [5, 5.41) is 13.4. The molecule has 0 atom stereocenters. The molecule has 1 aliphatic rings. The Hall–Kier alpha value is -3.74. The third-order valence-electron chi connectivity index (χ3n) is 7.20. The Morgan fingerprint density at radius 3 is 2.60 bits per heavy atom. The number of alkyl halides is 2. The molecule has 8 nitrogen and oxygen atoms in total. The van der Waals surface area contributed by atoms with Crippen molar-refractivity contribution in [3.8, 4) is 11.3 Å². The number of piperidine rings is 1. The van der Waals surface area contributed by atoms with Gasteiger partial charge in [0.1, 0.15) is 11.6 Å². The minimum absolute atomic E-state index is 0.158. The lowest BCUT2D eigenvalue weighted by atomic mass is 9.94. The van der Waals surface area contributed by atoms with Crippen LogP contribution >= 0.6 is 11.6 Å². The van der Waals surface area contributed by atoms with Gasteiger partial charge in [-0.05, 0) is 62.2 Å². The number of aromatic nitrogens is 2. The molecule has 2 N–H and O–H groups in total. The third kappa shape index (κ3) is 6.20. The maximum Gasteiger partial charge on any atom is 0.341 e. The van der Waals surface area contributed by atoms with Crippen LogP contribution in [0.2, 0.25) is 5.02 Å². The average molecular weight is 619 g/mol. The van der Waals surface area contributed by atoms with Crippen molar-refractivity contribution in [1.82, 2.24) is 15.3 Å². The molecule has 220 valence electrons. The molecule has 0 aliphatic carbocycles. The minimum Gasteiger partial charge on any atom is -0.390 e. The SMILES string of the molecule is CC1(O)CCN(c2cccc(-c3ccc4cnc(CNC(=O)c5cc(Cl)cc(S(=O)(=O)C(F)F)c5)cc4c3F)n2)CC1. The molecule has 0 saturated carbocycles. The number of halogens is 4. The van der Waals surface area contributed by atoms with Crippen molar-refractivity contribution in [2.24, 2.45) is 0 Å². The summed E-state index contributed by atoms with van der Waals surface area (Å²) in [4.78, 5) is 22.9. The summed E-state index contributed by atoms with van der Waals surface area (Å²) in [5.74, 6) is -4.29. The molecule has 13 heteroatoms. The van der Waals surface area contributed by atoms with E-state index in [9.17, 15) is 27.1 Å². The second kappa shape index (κ2) is 11.5. The van der Waals surface area contributed by atoms with Gasteiger partial charge in [0.15, 0.2) is 0 Å². The van der Waals surface area contributed by atoms with Crippen LogP contribution in [0.5, 0.6) is 0 Å². The quantitative estimate of drug-likeness (QED) is 0.286.